The predicted molar refractivity (Wildman–Crippen MR) is 104 cm³/mol. The van der Waals surface area contributed by atoms with Gasteiger partial charge in [-0.1, -0.05) is 13.0 Å². The van der Waals surface area contributed by atoms with Crippen molar-refractivity contribution >= 4 is 17.7 Å². The molecule has 0 saturated carbocycles. The van der Waals surface area contributed by atoms with E-state index < -0.39 is 0 Å². The first-order valence-corrected chi connectivity index (χ1v) is 10.7. The Hall–Kier alpha value is -1.07. The van der Waals surface area contributed by atoms with E-state index in [9.17, 15) is 4.79 Å². The third kappa shape index (κ3) is 4.76. The summed E-state index contributed by atoms with van der Waals surface area (Å²) in [4.78, 5) is 22.0. The quantitative estimate of drug-likeness (QED) is 0.799. The van der Waals surface area contributed by atoms with E-state index >= 15 is 0 Å². The monoisotopic (exact) mass is 361 g/mol. The number of hydrogen-bond donors (Lipinski definition) is 0. The molecule has 3 heterocycles. The maximum absolute atomic E-state index is 13.0. The van der Waals surface area contributed by atoms with Crippen LogP contribution in [0.1, 0.15) is 52.4 Å². The molecule has 1 aromatic heterocycles. The number of carbonyl (C=O) groups excluding carboxylic acids is 1. The minimum Gasteiger partial charge on any atom is -0.338 e. The van der Waals surface area contributed by atoms with Crippen molar-refractivity contribution in [3.05, 3.63) is 24.4 Å². The van der Waals surface area contributed by atoms with E-state index in [1.165, 1.54) is 12.8 Å². The molecule has 2 saturated heterocycles. The Bertz CT molecular complexity index is 545. The molecule has 2 fully saturated rings. The maximum atomic E-state index is 13.0. The molecule has 2 unspecified atom stereocenters. The van der Waals surface area contributed by atoms with Crippen LogP contribution in [-0.4, -0.2) is 57.7 Å². The topological polar surface area (TPSA) is 36.4 Å². The predicted octanol–water partition coefficient (Wildman–Crippen LogP) is 3.82. The molecule has 2 aliphatic heterocycles. The van der Waals surface area contributed by atoms with Crippen molar-refractivity contribution in [3.63, 3.8) is 0 Å². The molecule has 0 radical (unpaired) electrons. The molecule has 0 spiro atoms. The first-order chi connectivity index (χ1) is 12.2. The van der Waals surface area contributed by atoms with Crippen molar-refractivity contribution in [3.8, 4) is 0 Å². The third-order valence-electron chi connectivity index (χ3n) is 5.69. The van der Waals surface area contributed by atoms with Gasteiger partial charge in [0.05, 0.1) is 11.1 Å². The van der Waals surface area contributed by atoms with Gasteiger partial charge < -0.3 is 4.90 Å². The van der Waals surface area contributed by atoms with E-state index in [4.69, 9.17) is 0 Å². The van der Waals surface area contributed by atoms with Gasteiger partial charge in [-0.2, -0.15) is 0 Å². The van der Waals surface area contributed by atoms with Gasteiger partial charge in [0.25, 0.3) is 0 Å². The van der Waals surface area contributed by atoms with Crippen LogP contribution in [0.2, 0.25) is 0 Å². The third-order valence-corrected chi connectivity index (χ3v) is 6.98. The molecule has 1 aromatic rings. The van der Waals surface area contributed by atoms with Crippen molar-refractivity contribution < 1.29 is 4.79 Å². The Morgan fingerprint density at radius 3 is 2.72 bits per heavy atom. The van der Waals surface area contributed by atoms with Gasteiger partial charge in [0, 0.05) is 24.0 Å². The number of aromatic nitrogens is 1. The molecule has 1 amide bonds. The van der Waals surface area contributed by atoms with Crippen LogP contribution in [-0.2, 0) is 4.79 Å². The largest absolute Gasteiger partial charge is 0.338 e. The number of pyridine rings is 1. The second-order valence-electron chi connectivity index (χ2n) is 7.29. The average molecular weight is 362 g/mol. The van der Waals surface area contributed by atoms with E-state index in [1.807, 2.05) is 30.1 Å². The fourth-order valence-electron chi connectivity index (χ4n) is 4.08. The van der Waals surface area contributed by atoms with Gasteiger partial charge in [0.15, 0.2) is 0 Å². The molecular formula is C20H31N3OS. The van der Waals surface area contributed by atoms with Crippen molar-refractivity contribution in [1.82, 2.24) is 14.8 Å². The average Bonchev–Trinajstić information content (AvgIpc) is 2.68. The molecule has 3 rings (SSSR count). The molecule has 138 valence electrons. The number of amides is 1. The number of carbonyl (C=O) groups is 1. The highest BCUT2D eigenvalue weighted by Gasteiger charge is 2.33. The molecule has 2 atom stereocenters. The zero-order chi connectivity index (χ0) is 17.6. The molecule has 0 N–H and O–H groups in total. The highest BCUT2D eigenvalue weighted by Crippen LogP contribution is 2.30. The van der Waals surface area contributed by atoms with Crippen molar-refractivity contribution in [2.75, 3.05) is 19.6 Å². The molecule has 0 bridgehead atoms. The molecule has 0 aromatic carbocycles. The smallest absolute Gasteiger partial charge is 0.239 e. The fourth-order valence-corrected chi connectivity index (χ4v) is 5.15. The van der Waals surface area contributed by atoms with Crippen molar-refractivity contribution in [1.29, 1.82) is 0 Å². The molecular weight excluding hydrogens is 330 g/mol. The molecule has 4 nitrogen and oxygen atoms in total. The lowest BCUT2D eigenvalue weighted by atomic mass is 9.98. The standard InChI is InChI=1S/C20H31N3OS/c1-3-17-8-5-7-13-23(17)20(24)16(2)22-14-10-18(11-15-22)25-19-9-4-6-12-21-19/h4,6,9,12,16-18H,3,5,7-8,10-11,13-15H2,1-2H3. The molecule has 2 aliphatic rings. The number of piperidine rings is 2. The Balaban J connectivity index is 1.50. The van der Waals surface area contributed by atoms with Crippen LogP contribution in [0.15, 0.2) is 29.4 Å². The van der Waals surface area contributed by atoms with E-state index in [-0.39, 0.29) is 6.04 Å². The second-order valence-corrected chi connectivity index (χ2v) is 8.61. The van der Waals surface area contributed by atoms with E-state index in [0.717, 1.165) is 50.3 Å². The van der Waals surface area contributed by atoms with E-state index in [1.54, 1.807) is 0 Å². The van der Waals surface area contributed by atoms with Gasteiger partial charge in [-0.05, 0) is 70.7 Å². The normalized spacial score (nSPS) is 24.2. The lowest BCUT2D eigenvalue weighted by molar-refractivity contribution is -0.140. The summed E-state index contributed by atoms with van der Waals surface area (Å²) in [6.07, 6.45) is 8.83. The summed E-state index contributed by atoms with van der Waals surface area (Å²) in [5, 5.41) is 1.73. The first kappa shape index (κ1) is 18.7. The van der Waals surface area contributed by atoms with E-state index in [0.29, 0.717) is 17.2 Å². The summed E-state index contributed by atoms with van der Waals surface area (Å²) in [6.45, 7) is 7.30. The Morgan fingerprint density at radius 2 is 2.04 bits per heavy atom. The zero-order valence-corrected chi connectivity index (χ0v) is 16.4. The number of likely N-dealkylation sites (tertiary alicyclic amines) is 2. The van der Waals surface area contributed by atoms with Gasteiger partial charge in [0.2, 0.25) is 5.91 Å². The summed E-state index contributed by atoms with van der Waals surface area (Å²) < 4.78 is 0. The maximum Gasteiger partial charge on any atom is 0.239 e. The number of nitrogens with zero attached hydrogens (tertiary/aromatic N) is 3. The van der Waals surface area contributed by atoms with Gasteiger partial charge in [-0.25, -0.2) is 4.98 Å². The lowest BCUT2D eigenvalue weighted by Gasteiger charge is -2.41. The summed E-state index contributed by atoms with van der Waals surface area (Å²) in [6, 6.07) is 6.58. The second kappa shape index (κ2) is 9.04. The fraction of sp³-hybridized carbons (Fsp3) is 0.700. The van der Waals surface area contributed by atoms with Gasteiger partial charge >= 0.3 is 0 Å². The highest BCUT2D eigenvalue weighted by molar-refractivity contribution is 7.99. The first-order valence-electron chi connectivity index (χ1n) is 9.81. The van der Waals surface area contributed by atoms with Crippen LogP contribution < -0.4 is 0 Å². The lowest BCUT2D eigenvalue weighted by Crippen LogP contribution is -2.53. The van der Waals surface area contributed by atoms with Crippen LogP contribution in [0, 0.1) is 0 Å². The molecule has 0 aliphatic carbocycles. The summed E-state index contributed by atoms with van der Waals surface area (Å²) in [7, 11) is 0. The molecule has 5 heteroatoms. The summed E-state index contributed by atoms with van der Waals surface area (Å²) >= 11 is 1.89. The van der Waals surface area contributed by atoms with E-state index in [2.05, 4.69) is 34.7 Å². The summed E-state index contributed by atoms with van der Waals surface area (Å²) in [5.41, 5.74) is 0. The minimum atomic E-state index is 0.0213. The molecule has 25 heavy (non-hydrogen) atoms. The van der Waals surface area contributed by atoms with Crippen LogP contribution in [0.25, 0.3) is 0 Å². The van der Waals surface area contributed by atoms with Gasteiger partial charge in [-0.3, -0.25) is 9.69 Å². The van der Waals surface area contributed by atoms with Crippen LogP contribution >= 0.6 is 11.8 Å². The van der Waals surface area contributed by atoms with Crippen LogP contribution in [0.3, 0.4) is 0 Å². The zero-order valence-electron chi connectivity index (χ0n) is 15.6. The summed E-state index contributed by atoms with van der Waals surface area (Å²) in [5.74, 6) is 0.349. The van der Waals surface area contributed by atoms with Crippen LogP contribution in [0.4, 0.5) is 0 Å². The van der Waals surface area contributed by atoms with Gasteiger partial charge in [0.1, 0.15) is 0 Å². The van der Waals surface area contributed by atoms with Crippen molar-refractivity contribution in [2.24, 2.45) is 0 Å². The Labute approximate surface area is 156 Å². The number of thioether (sulfide) groups is 1. The Morgan fingerprint density at radius 1 is 1.24 bits per heavy atom. The van der Waals surface area contributed by atoms with Crippen LogP contribution in [0.5, 0.6) is 0 Å². The number of rotatable bonds is 5. The SMILES string of the molecule is CCC1CCCCN1C(=O)C(C)N1CCC(Sc2ccccn2)CC1. The van der Waals surface area contributed by atoms with Gasteiger partial charge in [-0.15, -0.1) is 11.8 Å². The Kier molecular flexibility index (Phi) is 6.77. The minimum absolute atomic E-state index is 0.0213. The van der Waals surface area contributed by atoms with Crippen molar-refractivity contribution in [2.45, 2.75) is 74.7 Å². The highest BCUT2D eigenvalue weighted by atomic mass is 32.2. The number of hydrogen-bond acceptors (Lipinski definition) is 4.